The fourth-order valence-corrected chi connectivity index (χ4v) is 3.16. The number of amidine groups is 1. The summed E-state index contributed by atoms with van der Waals surface area (Å²) in [5.41, 5.74) is -0.242. The zero-order valence-corrected chi connectivity index (χ0v) is 10.5. The van der Waals surface area contributed by atoms with Crippen molar-refractivity contribution in [3.63, 3.8) is 0 Å². The van der Waals surface area contributed by atoms with Crippen molar-refractivity contribution in [1.29, 1.82) is 0 Å². The molecule has 0 aromatic rings. The Labute approximate surface area is 102 Å². The molecular weight excluding hydrogens is 253 g/mol. The summed E-state index contributed by atoms with van der Waals surface area (Å²) in [7, 11) is 3.74. The summed E-state index contributed by atoms with van der Waals surface area (Å²) >= 11 is 1.42. The summed E-state index contributed by atoms with van der Waals surface area (Å²) in [4.78, 5) is 6.31. The van der Waals surface area contributed by atoms with Gasteiger partial charge in [-0.2, -0.15) is 13.2 Å². The van der Waals surface area contributed by atoms with Crippen molar-refractivity contribution in [1.82, 2.24) is 4.90 Å². The average Bonchev–Trinajstić information content (AvgIpc) is 2.57. The lowest BCUT2D eigenvalue weighted by Crippen LogP contribution is -2.36. The quantitative estimate of drug-likeness (QED) is 0.730. The van der Waals surface area contributed by atoms with Crippen molar-refractivity contribution in [2.24, 2.45) is 4.99 Å². The fourth-order valence-electron chi connectivity index (χ4n) is 1.98. The van der Waals surface area contributed by atoms with E-state index in [-0.39, 0.29) is 11.5 Å². The van der Waals surface area contributed by atoms with E-state index >= 15 is 0 Å². The van der Waals surface area contributed by atoms with Crippen molar-refractivity contribution in [2.45, 2.75) is 43.0 Å². The Kier molecular flexibility index (Phi) is 3.58. The van der Waals surface area contributed by atoms with Crippen LogP contribution in [-0.4, -0.2) is 47.9 Å². The second-order valence-electron chi connectivity index (χ2n) is 4.51. The number of hydrogen-bond donors (Lipinski definition) is 0. The van der Waals surface area contributed by atoms with Crippen LogP contribution in [0.2, 0.25) is 0 Å². The first-order chi connectivity index (χ1) is 7.85. The lowest BCUT2D eigenvalue weighted by atomic mass is 10.0. The first-order valence-corrected chi connectivity index (χ1v) is 6.37. The van der Waals surface area contributed by atoms with E-state index in [4.69, 9.17) is 4.74 Å². The van der Waals surface area contributed by atoms with Crippen LogP contribution in [-0.2, 0) is 4.74 Å². The van der Waals surface area contributed by atoms with E-state index in [1.807, 2.05) is 19.0 Å². The van der Waals surface area contributed by atoms with Crippen molar-refractivity contribution in [3.05, 3.63) is 0 Å². The zero-order valence-electron chi connectivity index (χ0n) is 9.70. The molecule has 0 aliphatic carbocycles. The van der Waals surface area contributed by atoms with Crippen LogP contribution < -0.4 is 0 Å². The molecule has 0 spiro atoms. The summed E-state index contributed by atoms with van der Waals surface area (Å²) in [6, 6.07) is 0.0156. The van der Waals surface area contributed by atoms with Gasteiger partial charge in [-0.15, -0.1) is 0 Å². The lowest BCUT2D eigenvalue weighted by Gasteiger charge is -2.30. The molecular formula is C10H15F3N2OS. The average molecular weight is 268 g/mol. The van der Waals surface area contributed by atoms with Crippen LogP contribution in [0, 0.1) is 0 Å². The highest BCUT2D eigenvalue weighted by Crippen LogP contribution is 2.39. The first-order valence-electron chi connectivity index (χ1n) is 5.49. The third kappa shape index (κ3) is 3.28. The van der Waals surface area contributed by atoms with Crippen LogP contribution in [0.25, 0.3) is 0 Å². The van der Waals surface area contributed by atoms with E-state index in [0.717, 1.165) is 5.17 Å². The van der Waals surface area contributed by atoms with Gasteiger partial charge in [0.25, 0.3) is 0 Å². The summed E-state index contributed by atoms with van der Waals surface area (Å²) < 4.78 is 42.3. The molecule has 2 heterocycles. The minimum atomic E-state index is -4.15. The molecule has 0 bridgehead atoms. The number of hydrogen-bond acceptors (Lipinski definition) is 4. The van der Waals surface area contributed by atoms with Crippen LogP contribution >= 0.6 is 11.8 Å². The molecule has 0 unspecified atom stereocenters. The monoisotopic (exact) mass is 268 g/mol. The lowest BCUT2D eigenvalue weighted by molar-refractivity contribution is -0.169. The van der Waals surface area contributed by atoms with Crippen LogP contribution in [0.3, 0.4) is 0 Å². The number of rotatable bonds is 1. The van der Waals surface area contributed by atoms with E-state index < -0.39 is 18.7 Å². The highest BCUT2D eigenvalue weighted by Gasteiger charge is 2.41. The number of ether oxygens (including phenoxy) is 1. The molecule has 17 heavy (non-hydrogen) atoms. The SMILES string of the molecule is CN(C)C1=N[C@@H]2CC[C@H](CC(F)(F)F)O[C@@H]2S1. The normalized spacial score (nSPS) is 33.2. The summed E-state index contributed by atoms with van der Waals surface area (Å²) in [5.74, 6) is 0. The third-order valence-electron chi connectivity index (χ3n) is 2.76. The van der Waals surface area contributed by atoms with Crippen molar-refractivity contribution in [2.75, 3.05) is 14.1 Å². The predicted molar refractivity (Wildman–Crippen MR) is 61.1 cm³/mol. The maximum absolute atomic E-state index is 12.3. The van der Waals surface area contributed by atoms with Gasteiger partial charge >= 0.3 is 6.18 Å². The molecule has 2 aliphatic heterocycles. The van der Waals surface area contributed by atoms with Gasteiger partial charge in [-0.3, -0.25) is 4.99 Å². The second-order valence-corrected chi connectivity index (χ2v) is 5.58. The van der Waals surface area contributed by atoms with Gasteiger partial charge in [0.1, 0.15) is 5.44 Å². The molecule has 3 nitrogen and oxygen atoms in total. The molecule has 2 aliphatic rings. The molecule has 3 atom stereocenters. The topological polar surface area (TPSA) is 24.8 Å². The van der Waals surface area contributed by atoms with Gasteiger partial charge in [0.15, 0.2) is 5.17 Å². The van der Waals surface area contributed by atoms with Gasteiger partial charge in [-0.1, -0.05) is 11.8 Å². The summed E-state index contributed by atoms with van der Waals surface area (Å²) in [6.45, 7) is 0. The van der Waals surface area contributed by atoms with E-state index in [1.54, 1.807) is 0 Å². The van der Waals surface area contributed by atoms with Gasteiger partial charge < -0.3 is 9.64 Å². The minimum absolute atomic E-state index is 0.0156. The Bertz CT molecular complexity index is 319. The highest BCUT2D eigenvalue weighted by molar-refractivity contribution is 8.14. The van der Waals surface area contributed by atoms with Crippen LogP contribution in [0.5, 0.6) is 0 Å². The van der Waals surface area contributed by atoms with Crippen molar-refractivity contribution in [3.8, 4) is 0 Å². The standard InChI is InChI=1S/C10H15F3N2OS/c1-15(2)9-14-7-4-3-6(5-10(11,12)13)16-8(7)17-9/h6-8H,3-5H2,1-2H3/t6-,7-,8-/m1/s1. The van der Waals surface area contributed by atoms with Crippen LogP contribution in [0.15, 0.2) is 4.99 Å². The zero-order chi connectivity index (χ0) is 12.6. The Morgan fingerprint density at radius 2 is 2.12 bits per heavy atom. The molecule has 0 aromatic heterocycles. The van der Waals surface area contributed by atoms with Gasteiger partial charge in [0.05, 0.1) is 18.6 Å². The number of aliphatic imine (C=N–C) groups is 1. The Morgan fingerprint density at radius 3 is 2.71 bits per heavy atom. The molecule has 1 fully saturated rings. The largest absolute Gasteiger partial charge is 0.391 e. The van der Waals surface area contributed by atoms with E-state index in [1.165, 1.54) is 11.8 Å². The molecule has 98 valence electrons. The predicted octanol–water partition coefficient (Wildman–Crippen LogP) is 2.48. The van der Waals surface area contributed by atoms with Crippen LogP contribution in [0.1, 0.15) is 19.3 Å². The minimum Gasteiger partial charge on any atom is -0.361 e. The molecule has 0 amide bonds. The van der Waals surface area contributed by atoms with Gasteiger partial charge in [-0.05, 0) is 12.8 Å². The first kappa shape index (κ1) is 13.0. The van der Waals surface area contributed by atoms with E-state index in [2.05, 4.69) is 4.99 Å². The summed E-state index contributed by atoms with van der Waals surface area (Å²) in [5, 5.41) is 0.840. The third-order valence-corrected chi connectivity index (χ3v) is 4.10. The van der Waals surface area contributed by atoms with Gasteiger partial charge in [0, 0.05) is 14.1 Å². The maximum atomic E-state index is 12.3. The Hall–Kier alpha value is -0.430. The molecule has 2 rings (SSSR count). The number of halogens is 3. The number of thioether (sulfide) groups is 1. The second kappa shape index (κ2) is 4.68. The number of nitrogens with zero attached hydrogens (tertiary/aromatic N) is 2. The Morgan fingerprint density at radius 1 is 1.41 bits per heavy atom. The van der Waals surface area contributed by atoms with Gasteiger partial charge in [0.2, 0.25) is 0 Å². The molecule has 0 radical (unpaired) electrons. The molecule has 0 aromatic carbocycles. The molecule has 7 heteroatoms. The van der Waals surface area contributed by atoms with Crippen molar-refractivity contribution >= 4 is 16.9 Å². The Balaban J connectivity index is 1.91. The maximum Gasteiger partial charge on any atom is 0.391 e. The molecule has 1 saturated heterocycles. The van der Waals surface area contributed by atoms with E-state index in [9.17, 15) is 13.2 Å². The summed E-state index contributed by atoms with van der Waals surface area (Å²) in [6.07, 6.45) is -4.60. The van der Waals surface area contributed by atoms with Gasteiger partial charge in [-0.25, -0.2) is 0 Å². The smallest absolute Gasteiger partial charge is 0.361 e. The number of fused-ring (bicyclic) bond motifs is 1. The molecule has 0 N–H and O–H groups in total. The van der Waals surface area contributed by atoms with Crippen LogP contribution in [0.4, 0.5) is 13.2 Å². The van der Waals surface area contributed by atoms with E-state index in [0.29, 0.717) is 12.8 Å². The fraction of sp³-hybridized carbons (Fsp3) is 0.900. The highest BCUT2D eigenvalue weighted by atomic mass is 32.2. The number of alkyl halides is 3. The van der Waals surface area contributed by atoms with Crippen molar-refractivity contribution < 1.29 is 17.9 Å². The molecule has 0 saturated carbocycles.